The Balaban J connectivity index is 1.71. The van der Waals surface area contributed by atoms with Crippen molar-refractivity contribution in [1.29, 1.82) is 0 Å². The molecule has 7 heteroatoms. The van der Waals surface area contributed by atoms with E-state index < -0.39 is 15.8 Å². The van der Waals surface area contributed by atoms with Crippen LogP contribution in [0.2, 0.25) is 0 Å². The standard InChI is InChI=1S/C19H27FN2O3S/c1-2-11-21(13-15-5-6-15)19(23)16-4-3-12-22(14-16)26(24,25)18-9-7-17(20)8-10-18/h7-10,15-16H,2-6,11-14H2,1H3. The summed E-state index contributed by atoms with van der Waals surface area (Å²) >= 11 is 0. The lowest BCUT2D eigenvalue weighted by Crippen LogP contribution is -2.47. The maximum atomic E-state index is 13.1. The van der Waals surface area contributed by atoms with E-state index in [0.29, 0.717) is 18.9 Å². The summed E-state index contributed by atoms with van der Waals surface area (Å²) in [7, 11) is -3.70. The van der Waals surface area contributed by atoms with E-state index in [4.69, 9.17) is 0 Å². The first-order chi connectivity index (χ1) is 12.4. The molecule has 0 spiro atoms. The summed E-state index contributed by atoms with van der Waals surface area (Å²) < 4.78 is 40.1. The summed E-state index contributed by atoms with van der Waals surface area (Å²) in [5.41, 5.74) is 0. The predicted molar refractivity (Wildman–Crippen MR) is 97.5 cm³/mol. The zero-order valence-electron chi connectivity index (χ0n) is 15.2. The highest BCUT2D eigenvalue weighted by molar-refractivity contribution is 7.89. The maximum absolute atomic E-state index is 13.1. The van der Waals surface area contributed by atoms with Gasteiger partial charge in [-0.1, -0.05) is 6.92 Å². The molecule has 0 bridgehead atoms. The summed E-state index contributed by atoms with van der Waals surface area (Å²) in [5, 5.41) is 0. The molecular weight excluding hydrogens is 355 g/mol. The average molecular weight is 383 g/mol. The molecule has 1 heterocycles. The van der Waals surface area contributed by atoms with Crippen molar-refractivity contribution in [3.8, 4) is 0 Å². The number of rotatable bonds is 7. The largest absolute Gasteiger partial charge is 0.342 e. The maximum Gasteiger partial charge on any atom is 0.243 e. The van der Waals surface area contributed by atoms with Crippen LogP contribution in [0.3, 0.4) is 0 Å². The van der Waals surface area contributed by atoms with Crippen LogP contribution in [-0.4, -0.2) is 49.7 Å². The first kappa shape index (κ1) is 19.3. The Labute approximate surface area is 155 Å². The molecule has 1 amide bonds. The average Bonchev–Trinajstić information content (AvgIpc) is 3.45. The first-order valence-electron chi connectivity index (χ1n) is 9.46. The molecule has 1 saturated carbocycles. The molecule has 0 radical (unpaired) electrons. The Bertz CT molecular complexity index is 732. The number of carbonyl (C=O) groups excluding carboxylic acids is 1. The monoisotopic (exact) mass is 382 g/mol. The van der Waals surface area contributed by atoms with Crippen molar-refractivity contribution < 1.29 is 17.6 Å². The molecule has 3 rings (SSSR count). The minimum Gasteiger partial charge on any atom is -0.342 e. The van der Waals surface area contributed by atoms with E-state index in [1.54, 1.807) is 0 Å². The lowest BCUT2D eigenvalue weighted by atomic mass is 9.98. The number of benzene rings is 1. The first-order valence-corrected chi connectivity index (χ1v) is 10.9. The summed E-state index contributed by atoms with van der Waals surface area (Å²) in [5.74, 6) is -0.0545. The van der Waals surface area contributed by atoms with Gasteiger partial charge in [0.05, 0.1) is 10.8 Å². The van der Waals surface area contributed by atoms with E-state index in [1.165, 1.54) is 29.3 Å². The fourth-order valence-electron chi connectivity index (χ4n) is 3.55. The molecule has 1 aromatic rings. The highest BCUT2D eigenvalue weighted by Crippen LogP contribution is 2.31. The normalized spacial score (nSPS) is 21.5. The molecule has 0 aromatic heterocycles. The SMILES string of the molecule is CCCN(CC1CC1)C(=O)C1CCCN(S(=O)(=O)c2ccc(F)cc2)C1. The zero-order chi connectivity index (χ0) is 18.7. The number of carbonyl (C=O) groups is 1. The minimum absolute atomic E-state index is 0.0791. The third-order valence-corrected chi connectivity index (χ3v) is 7.04. The summed E-state index contributed by atoms with van der Waals surface area (Å²) in [4.78, 5) is 15.0. The number of piperidine rings is 1. The minimum atomic E-state index is -3.70. The Morgan fingerprint density at radius 2 is 1.92 bits per heavy atom. The van der Waals surface area contributed by atoms with E-state index >= 15 is 0 Å². The van der Waals surface area contributed by atoms with Crippen molar-refractivity contribution in [2.75, 3.05) is 26.2 Å². The second-order valence-corrected chi connectivity index (χ2v) is 9.32. The van der Waals surface area contributed by atoms with Gasteiger partial charge < -0.3 is 4.90 Å². The molecule has 0 N–H and O–H groups in total. The molecule has 1 aliphatic heterocycles. The number of hydrogen-bond donors (Lipinski definition) is 0. The molecule has 5 nitrogen and oxygen atoms in total. The van der Waals surface area contributed by atoms with Crippen LogP contribution in [-0.2, 0) is 14.8 Å². The van der Waals surface area contributed by atoms with Crippen molar-refractivity contribution >= 4 is 15.9 Å². The van der Waals surface area contributed by atoms with Gasteiger partial charge in [0.15, 0.2) is 0 Å². The fourth-order valence-corrected chi connectivity index (χ4v) is 5.07. The fraction of sp³-hybridized carbons (Fsp3) is 0.632. The third-order valence-electron chi connectivity index (χ3n) is 5.17. The van der Waals surface area contributed by atoms with Crippen molar-refractivity contribution in [3.63, 3.8) is 0 Å². The Morgan fingerprint density at radius 3 is 2.54 bits per heavy atom. The van der Waals surface area contributed by atoms with E-state index in [1.807, 2.05) is 4.90 Å². The quantitative estimate of drug-likeness (QED) is 0.729. The highest BCUT2D eigenvalue weighted by atomic mass is 32.2. The molecule has 1 unspecified atom stereocenters. The lowest BCUT2D eigenvalue weighted by molar-refractivity contribution is -0.137. The van der Waals surface area contributed by atoms with Crippen molar-refractivity contribution in [1.82, 2.24) is 9.21 Å². The molecule has 2 aliphatic rings. The summed E-state index contributed by atoms with van der Waals surface area (Å²) in [6, 6.07) is 4.87. The van der Waals surface area contributed by atoms with Gasteiger partial charge in [-0.15, -0.1) is 0 Å². The molecule has 1 atom stereocenters. The number of halogens is 1. The van der Waals surface area contributed by atoms with E-state index in [9.17, 15) is 17.6 Å². The number of nitrogens with zero attached hydrogens (tertiary/aromatic N) is 2. The lowest BCUT2D eigenvalue weighted by Gasteiger charge is -2.34. The van der Waals surface area contributed by atoms with Gasteiger partial charge >= 0.3 is 0 Å². The Morgan fingerprint density at radius 1 is 1.23 bits per heavy atom. The smallest absolute Gasteiger partial charge is 0.243 e. The summed E-state index contributed by atoms with van der Waals surface area (Å²) in [6.45, 7) is 4.20. The van der Waals surface area contributed by atoms with Crippen LogP contribution in [0.25, 0.3) is 0 Å². The van der Waals surface area contributed by atoms with Gasteiger partial charge in [-0.25, -0.2) is 12.8 Å². The van der Waals surface area contributed by atoms with Crippen LogP contribution in [0.1, 0.15) is 39.0 Å². The van der Waals surface area contributed by atoms with Gasteiger partial charge in [0.1, 0.15) is 5.82 Å². The molecule has 1 aromatic carbocycles. The van der Waals surface area contributed by atoms with Gasteiger partial charge in [-0.05, 0) is 62.3 Å². The van der Waals surface area contributed by atoms with Crippen LogP contribution >= 0.6 is 0 Å². The topological polar surface area (TPSA) is 57.7 Å². The molecule has 144 valence electrons. The van der Waals surface area contributed by atoms with E-state index in [-0.39, 0.29) is 23.3 Å². The van der Waals surface area contributed by atoms with E-state index in [0.717, 1.165) is 38.1 Å². The van der Waals surface area contributed by atoms with Gasteiger partial charge in [-0.2, -0.15) is 4.31 Å². The molecule has 26 heavy (non-hydrogen) atoms. The predicted octanol–water partition coefficient (Wildman–Crippen LogP) is 2.88. The van der Waals surface area contributed by atoms with Crippen molar-refractivity contribution in [3.05, 3.63) is 30.1 Å². The number of hydrogen-bond acceptors (Lipinski definition) is 3. The molecule has 2 fully saturated rings. The van der Waals surface area contributed by atoms with Crippen molar-refractivity contribution in [2.45, 2.75) is 43.9 Å². The molecule has 1 saturated heterocycles. The van der Waals surface area contributed by atoms with Crippen LogP contribution in [0.15, 0.2) is 29.2 Å². The second-order valence-electron chi connectivity index (χ2n) is 7.38. The van der Waals surface area contributed by atoms with Crippen LogP contribution in [0.4, 0.5) is 4.39 Å². The van der Waals surface area contributed by atoms with Crippen LogP contribution in [0, 0.1) is 17.7 Å². The van der Waals surface area contributed by atoms with Crippen LogP contribution < -0.4 is 0 Å². The Hall–Kier alpha value is -1.47. The van der Waals surface area contributed by atoms with Gasteiger partial charge in [0, 0.05) is 26.2 Å². The van der Waals surface area contributed by atoms with Crippen molar-refractivity contribution in [2.24, 2.45) is 11.8 Å². The third kappa shape index (κ3) is 4.43. The van der Waals surface area contributed by atoms with Gasteiger partial charge in [0.2, 0.25) is 15.9 Å². The molecule has 1 aliphatic carbocycles. The zero-order valence-corrected chi connectivity index (χ0v) is 16.0. The van der Waals surface area contributed by atoms with Gasteiger partial charge in [-0.3, -0.25) is 4.79 Å². The number of amides is 1. The second kappa shape index (κ2) is 8.05. The van der Waals surface area contributed by atoms with Crippen LogP contribution in [0.5, 0.6) is 0 Å². The molecular formula is C19H27FN2O3S. The summed E-state index contributed by atoms with van der Waals surface area (Å²) in [6.07, 6.45) is 4.66. The Kier molecular flexibility index (Phi) is 5.97. The van der Waals surface area contributed by atoms with E-state index in [2.05, 4.69) is 6.92 Å². The van der Waals surface area contributed by atoms with Gasteiger partial charge in [0.25, 0.3) is 0 Å². The number of sulfonamides is 1. The highest BCUT2D eigenvalue weighted by Gasteiger charge is 2.36.